The molecular formula is C27H34IN3O7S. The van der Waals surface area contributed by atoms with Crippen LogP contribution in [0.2, 0.25) is 0 Å². The molecule has 2 unspecified atom stereocenters. The molecule has 0 radical (unpaired) electrons. The molecule has 0 spiro atoms. The summed E-state index contributed by atoms with van der Waals surface area (Å²) >= 11 is -0.227. The van der Waals surface area contributed by atoms with Gasteiger partial charge >= 0.3 is 5.97 Å². The van der Waals surface area contributed by atoms with Gasteiger partial charge < -0.3 is 19.6 Å². The number of benzene rings is 1. The lowest BCUT2D eigenvalue weighted by molar-refractivity contribution is -0.160. The van der Waals surface area contributed by atoms with Crippen LogP contribution in [-0.2, 0) is 27.3 Å². The first kappa shape index (κ1) is 31.1. The highest BCUT2D eigenvalue weighted by atomic mass is 127. The number of ether oxygens (including phenoxy) is 1. The number of aryl methyl sites for hydroxylation is 1. The summed E-state index contributed by atoms with van der Waals surface area (Å²) in [6.07, 6.45) is -0.392. The Hall–Kier alpha value is -2.39. The largest absolute Gasteiger partial charge is 0.466 e. The fraction of sp³-hybridized carbons (Fsp3) is 0.444. The number of nitrogens with one attached hydrogen (secondary N) is 1. The number of aliphatic hydroxyl groups excluding tert-OH is 1. The molecule has 3 N–H and O–H groups in total. The first-order valence-corrected chi connectivity index (χ1v) is 14.7. The highest BCUT2D eigenvalue weighted by Crippen LogP contribution is 2.35. The second-order valence-electron chi connectivity index (χ2n) is 9.72. The van der Waals surface area contributed by atoms with Crippen LogP contribution in [0.3, 0.4) is 0 Å². The summed E-state index contributed by atoms with van der Waals surface area (Å²) in [5, 5.41) is 13.8. The predicted molar refractivity (Wildman–Crippen MR) is 157 cm³/mol. The fourth-order valence-electron chi connectivity index (χ4n) is 4.06. The van der Waals surface area contributed by atoms with E-state index in [-0.39, 0.29) is 37.7 Å². The maximum absolute atomic E-state index is 12.8. The molecule has 10 nitrogen and oxygen atoms in total. The minimum atomic E-state index is -2.31. The molecule has 2 atom stereocenters. The molecule has 12 heteroatoms. The summed E-state index contributed by atoms with van der Waals surface area (Å²) in [6, 6.07) is 9.39. The Labute approximate surface area is 244 Å². The average molecular weight is 672 g/mol. The van der Waals surface area contributed by atoms with E-state index in [4.69, 9.17) is 9.15 Å². The molecular weight excluding hydrogens is 637 g/mol. The third-order valence-electron chi connectivity index (χ3n) is 6.54. The van der Waals surface area contributed by atoms with Gasteiger partial charge in [-0.25, -0.2) is 9.19 Å². The van der Waals surface area contributed by atoms with Crippen molar-refractivity contribution in [3.8, 4) is 11.3 Å². The fourth-order valence-corrected chi connectivity index (χ4v) is 5.18. The standard InChI is InChI=1S/C27H34IN3O7S/c1-6-37-26(34)27(3,4)21(32)8-7-13-31(39(35)36)15-20-19(28)14-18-22(24(33)29-5)23(38-25(18)30-20)17-11-9-16(2)10-12-17/h9-12,14,21,32H,6-8,13,15H2,1-5H3,(H,29,33)(H,35,36). The van der Waals surface area contributed by atoms with Gasteiger partial charge in [0, 0.05) is 22.7 Å². The smallest absolute Gasteiger partial charge is 0.314 e. The van der Waals surface area contributed by atoms with Gasteiger partial charge in [-0.1, -0.05) is 29.8 Å². The minimum absolute atomic E-state index is 0.0323. The normalized spacial score (nSPS) is 13.5. The highest BCUT2D eigenvalue weighted by molar-refractivity contribution is 14.1. The summed E-state index contributed by atoms with van der Waals surface area (Å²) in [5.41, 5.74) is 1.82. The van der Waals surface area contributed by atoms with Crippen LogP contribution in [0.5, 0.6) is 0 Å². The molecule has 1 aromatic carbocycles. The van der Waals surface area contributed by atoms with Crippen LogP contribution in [0.4, 0.5) is 0 Å². The van der Waals surface area contributed by atoms with Crippen LogP contribution >= 0.6 is 22.6 Å². The number of carbonyl (C=O) groups excluding carboxylic acids is 2. The van der Waals surface area contributed by atoms with Crippen molar-refractivity contribution in [2.24, 2.45) is 5.41 Å². The van der Waals surface area contributed by atoms with Crippen molar-refractivity contribution in [3.63, 3.8) is 0 Å². The van der Waals surface area contributed by atoms with Crippen LogP contribution in [0.1, 0.15) is 55.2 Å². The van der Waals surface area contributed by atoms with Gasteiger partial charge in [-0.15, -0.1) is 0 Å². The van der Waals surface area contributed by atoms with Crippen molar-refractivity contribution in [1.82, 2.24) is 14.6 Å². The van der Waals surface area contributed by atoms with Gasteiger partial charge in [0.05, 0.1) is 41.3 Å². The lowest BCUT2D eigenvalue weighted by Crippen LogP contribution is -2.39. The number of fused-ring (bicyclic) bond motifs is 1. The molecule has 39 heavy (non-hydrogen) atoms. The van der Waals surface area contributed by atoms with E-state index in [1.54, 1.807) is 33.9 Å². The zero-order chi connectivity index (χ0) is 28.9. The third kappa shape index (κ3) is 7.23. The topological polar surface area (TPSA) is 142 Å². The summed E-state index contributed by atoms with van der Waals surface area (Å²) in [6.45, 7) is 7.32. The van der Waals surface area contributed by atoms with Crippen LogP contribution in [-0.4, -0.2) is 61.3 Å². The van der Waals surface area contributed by atoms with Gasteiger partial charge in [0.2, 0.25) is 17.0 Å². The van der Waals surface area contributed by atoms with E-state index in [1.165, 1.54) is 4.31 Å². The maximum atomic E-state index is 12.8. The lowest BCUT2D eigenvalue weighted by Gasteiger charge is -2.28. The van der Waals surface area contributed by atoms with Crippen molar-refractivity contribution in [3.05, 3.63) is 50.7 Å². The maximum Gasteiger partial charge on any atom is 0.314 e. The van der Waals surface area contributed by atoms with Gasteiger partial charge in [0.1, 0.15) is 5.76 Å². The molecule has 2 heterocycles. The van der Waals surface area contributed by atoms with Gasteiger partial charge in [0.15, 0.2) is 0 Å². The Morgan fingerprint density at radius 3 is 2.54 bits per heavy atom. The summed E-state index contributed by atoms with van der Waals surface area (Å²) in [7, 11) is 1.55. The Morgan fingerprint density at radius 2 is 1.95 bits per heavy atom. The zero-order valence-electron chi connectivity index (χ0n) is 22.6. The second kappa shape index (κ2) is 13.3. The number of amides is 1. The van der Waals surface area contributed by atoms with Gasteiger partial charge in [0.25, 0.3) is 5.91 Å². The average Bonchev–Trinajstić information content (AvgIpc) is 3.25. The van der Waals surface area contributed by atoms with E-state index in [0.717, 1.165) is 11.1 Å². The molecule has 3 aromatic rings. The first-order valence-electron chi connectivity index (χ1n) is 12.5. The van der Waals surface area contributed by atoms with E-state index < -0.39 is 28.8 Å². The van der Waals surface area contributed by atoms with Crippen molar-refractivity contribution >= 4 is 56.8 Å². The number of rotatable bonds is 12. The van der Waals surface area contributed by atoms with Gasteiger partial charge in [-0.2, -0.15) is 4.31 Å². The van der Waals surface area contributed by atoms with Crippen molar-refractivity contribution in [2.45, 2.75) is 53.2 Å². The molecule has 212 valence electrons. The van der Waals surface area contributed by atoms with Crippen molar-refractivity contribution < 1.29 is 32.6 Å². The van der Waals surface area contributed by atoms with Crippen LogP contribution < -0.4 is 5.32 Å². The Balaban J connectivity index is 1.84. The van der Waals surface area contributed by atoms with E-state index in [0.29, 0.717) is 32.4 Å². The number of furan rings is 1. The minimum Gasteiger partial charge on any atom is -0.466 e. The number of esters is 1. The SMILES string of the molecule is CCOC(=O)C(C)(C)C(O)CCCN(Cc1nc2oc(-c3ccc(C)cc3)c(C(=O)NC)c2cc1I)S(=O)O. The molecule has 0 bridgehead atoms. The van der Waals surface area contributed by atoms with Gasteiger partial charge in [-0.05, 0) is 69.2 Å². The van der Waals surface area contributed by atoms with E-state index in [1.807, 2.05) is 31.2 Å². The van der Waals surface area contributed by atoms with E-state index >= 15 is 0 Å². The molecule has 0 fully saturated rings. The van der Waals surface area contributed by atoms with Crippen LogP contribution in [0, 0.1) is 15.9 Å². The monoisotopic (exact) mass is 671 g/mol. The number of pyridine rings is 1. The Kier molecular flexibility index (Phi) is 10.6. The van der Waals surface area contributed by atoms with Crippen molar-refractivity contribution in [2.75, 3.05) is 20.2 Å². The van der Waals surface area contributed by atoms with Crippen molar-refractivity contribution in [1.29, 1.82) is 0 Å². The Bertz CT molecular complexity index is 1360. The molecule has 2 aromatic heterocycles. The molecule has 0 aliphatic heterocycles. The summed E-state index contributed by atoms with van der Waals surface area (Å²) < 4.78 is 35.2. The number of hydrogen-bond acceptors (Lipinski definition) is 7. The van der Waals surface area contributed by atoms with E-state index in [2.05, 4.69) is 32.9 Å². The van der Waals surface area contributed by atoms with Gasteiger partial charge in [-0.3, -0.25) is 14.1 Å². The number of aliphatic hydroxyl groups is 1. The molecule has 0 aliphatic carbocycles. The number of carbonyl (C=O) groups is 2. The lowest BCUT2D eigenvalue weighted by atomic mass is 9.84. The second-order valence-corrected chi connectivity index (χ2v) is 11.9. The number of nitrogens with zero attached hydrogens (tertiary/aromatic N) is 2. The molecule has 0 saturated heterocycles. The highest BCUT2D eigenvalue weighted by Gasteiger charge is 2.37. The molecule has 3 rings (SSSR count). The predicted octanol–water partition coefficient (Wildman–Crippen LogP) is 4.44. The summed E-state index contributed by atoms with van der Waals surface area (Å²) in [4.78, 5) is 29.6. The molecule has 0 saturated carbocycles. The third-order valence-corrected chi connectivity index (χ3v) is 8.23. The quantitative estimate of drug-likeness (QED) is 0.146. The Morgan fingerprint density at radius 1 is 1.28 bits per heavy atom. The first-order chi connectivity index (χ1) is 18.4. The molecule has 0 aliphatic rings. The summed E-state index contributed by atoms with van der Waals surface area (Å²) in [5.74, 6) is -0.408. The van der Waals surface area contributed by atoms with E-state index in [9.17, 15) is 23.5 Å². The van der Waals surface area contributed by atoms with Crippen LogP contribution in [0.25, 0.3) is 22.4 Å². The number of halogens is 1. The number of aromatic nitrogens is 1. The molecule has 1 amide bonds. The number of hydrogen-bond donors (Lipinski definition) is 3. The van der Waals surface area contributed by atoms with Crippen LogP contribution in [0.15, 0.2) is 34.7 Å². The zero-order valence-corrected chi connectivity index (χ0v) is 25.6.